The van der Waals surface area contributed by atoms with Crippen LogP contribution in [-0.2, 0) is 16.0 Å². The van der Waals surface area contributed by atoms with Crippen LogP contribution in [0.15, 0.2) is 42.6 Å². The van der Waals surface area contributed by atoms with E-state index in [-0.39, 0.29) is 24.1 Å². The number of hydrogen-bond acceptors (Lipinski definition) is 6. The Balaban J connectivity index is 1.55. The van der Waals surface area contributed by atoms with Gasteiger partial charge in [-0.15, -0.1) is 0 Å². The Hall–Kier alpha value is -2.93. The maximum Gasteiger partial charge on any atom is 0.339 e. The fourth-order valence-electron chi connectivity index (χ4n) is 3.32. The first-order valence-corrected chi connectivity index (χ1v) is 9.87. The highest BCUT2D eigenvalue weighted by Gasteiger charge is 2.26. The predicted molar refractivity (Wildman–Crippen MR) is 110 cm³/mol. The number of carbonyl (C=O) groups excluding carboxylic acids is 2. The van der Waals surface area contributed by atoms with Gasteiger partial charge in [0.15, 0.2) is 0 Å². The molecule has 0 saturated carbocycles. The van der Waals surface area contributed by atoms with Crippen molar-refractivity contribution in [2.45, 2.75) is 39.5 Å². The number of aromatic nitrogens is 1. The summed E-state index contributed by atoms with van der Waals surface area (Å²) in [5, 5.41) is 3.21. The number of anilines is 1. The van der Waals surface area contributed by atoms with Gasteiger partial charge in [-0.1, -0.05) is 12.1 Å². The minimum Gasteiger partial charge on any atom is -0.462 e. The third-order valence-corrected chi connectivity index (χ3v) is 4.66. The lowest BCUT2D eigenvalue weighted by Crippen LogP contribution is -2.48. The zero-order valence-electron chi connectivity index (χ0n) is 17.1. The van der Waals surface area contributed by atoms with E-state index in [0.717, 1.165) is 5.56 Å². The number of benzene rings is 1. The van der Waals surface area contributed by atoms with Crippen molar-refractivity contribution in [2.24, 2.45) is 0 Å². The normalized spacial score (nSPS) is 18.9. The number of rotatable bonds is 6. The van der Waals surface area contributed by atoms with Crippen molar-refractivity contribution in [3.8, 4) is 0 Å². The van der Waals surface area contributed by atoms with Crippen LogP contribution in [-0.4, -0.2) is 53.7 Å². The quantitative estimate of drug-likeness (QED) is 0.755. The predicted octanol–water partition coefficient (Wildman–Crippen LogP) is 3.12. The molecule has 1 fully saturated rings. The summed E-state index contributed by atoms with van der Waals surface area (Å²) < 4.78 is 10.6. The van der Waals surface area contributed by atoms with Gasteiger partial charge in [0.1, 0.15) is 5.82 Å². The number of morpholine rings is 1. The summed E-state index contributed by atoms with van der Waals surface area (Å²) in [5.41, 5.74) is 2.13. The summed E-state index contributed by atoms with van der Waals surface area (Å²) in [7, 11) is 0. The van der Waals surface area contributed by atoms with E-state index in [2.05, 4.69) is 10.3 Å². The molecular formula is C22H27N3O4. The zero-order valence-corrected chi connectivity index (χ0v) is 17.1. The third-order valence-electron chi connectivity index (χ3n) is 4.66. The average molecular weight is 397 g/mol. The molecule has 7 heteroatoms. The summed E-state index contributed by atoms with van der Waals surface area (Å²) in [6.07, 6.45) is 1.59. The topological polar surface area (TPSA) is 80.8 Å². The van der Waals surface area contributed by atoms with Crippen LogP contribution in [0.2, 0.25) is 0 Å². The second-order valence-corrected chi connectivity index (χ2v) is 7.17. The summed E-state index contributed by atoms with van der Waals surface area (Å²) >= 11 is 0. The van der Waals surface area contributed by atoms with Crippen LogP contribution in [0, 0.1) is 0 Å². The third kappa shape index (κ3) is 5.54. The average Bonchev–Trinajstić information content (AvgIpc) is 2.72. The first-order chi connectivity index (χ1) is 14.0. The van der Waals surface area contributed by atoms with Gasteiger partial charge in [-0.05, 0) is 50.6 Å². The maximum absolute atomic E-state index is 12.7. The highest BCUT2D eigenvalue weighted by atomic mass is 16.5. The first-order valence-electron chi connectivity index (χ1n) is 9.87. The number of esters is 1. The van der Waals surface area contributed by atoms with Gasteiger partial charge in [0.05, 0.1) is 24.4 Å². The number of nitrogens with zero attached hydrogens (tertiary/aromatic N) is 2. The number of pyridine rings is 1. The second-order valence-electron chi connectivity index (χ2n) is 7.17. The van der Waals surface area contributed by atoms with Crippen LogP contribution >= 0.6 is 0 Å². The summed E-state index contributed by atoms with van der Waals surface area (Å²) in [6.45, 7) is 7.85. The molecule has 1 N–H and O–H groups in total. The Labute approximate surface area is 171 Å². The van der Waals surface area contributed by atoms with Crippen molar-refractivity contribution in [2.75, 3.05) is 25.0 Å². The number of ether oxygens (including phenoxy) is 2. The van der Waals surface area contributed by atoms with E-state index >= 15 is 0 Å². The summed E-state index contributed by atoms with van der Waals surface area (Å²) in [5.74, 6) is 0.313. The molecule has 1 aromatic heterocycles. The van der Waals surface area contributed by atoms with Crippen molar-refractivity contribution in [1.82, 2.24) is 9.88 Å². The monoisotopic (exact) mass is 397 g/mol. The Morgan fingerprint density at radius 1 is 1.10 bits per heavy atom. The Morgan fingerprint density at radius 2 is 1.76 bits per heavy atom. The molecule has 2 unspecified atom stereocenters. The van der Waals surface area contributed by atoms with Gasteiger partial charge < -0.3 is 19.7 Å². The van der Waals surface area contributed by atoms with E-state index in [4.69, 9.17) is 9.47 Å². The molecule has 29 heavy (non-hydrogen) atoms. The van der Waals surface area contributed by atoms with Crippen LogP contribution in [0.1, 0.15) is 47.1 Å². The van der Waals surface area contributed by atoms with E-state index in [1.54, 1.807) is 19.1 Å². The second kappa shape index (κ2) is 9.52. The van der Waals surface area contributed by atoms with Crippen molar-refractivity contribution in [1.29, 1.82) is 0 Å². The molecule has 2 aromatic rings. The van der Waals surface area contributed by atoms with Crippen LogP contribution in [0.5, 0.6) is 0 Å². The molecule has 1 aromatic carbocycles. The lowest BCUT2D eigenvalue weighted by atomic mass is 10.1. The molecular weight excluding hydrogens is 370 g/mol. The Kier molecular flexibility index (Phi) is 6.82. The Morgan fingerprint density at radius 3 is 2.34 bits per heavy atom. The fourth-order valence-corrected chi connectivity index (χ4v) is 3.32. The highest BCUT2D eigenvalue weighted by molar-refractivity contribution is 5.94. The van der Waals surface area contributed by atoms with E-state index in [1.165, 1.54) is 6.20 Å². The molecule has 0 aliphatic carbocycles. The van der Waals surface area contributed by atoms with Gasteiger partial charge in [-0.3, -0.25) is 4.79 Å². The highest BCUT2D eigenvalue weighted by Crippen LogP contribution is 2.15. The van der Waals surface area contributed by atoms with Gasteiger partial charge in [-0.25, -0.2) is 9.78 Å². The van der Waals surface area contributed by atoms with Crippen LogP contribution in [0.3, 0.4) is 0 Å². The van der Waals surface area contributed by atoms with E-state index in [0.29, 0.717) is 43.2 Å². The number of nitrogens with one attached hydrogen (secondary N) is 1. The van der Waals surface area contributed by atoms with Crippen LogP contribution in [0.25, 0.3) is 0 Å². The molecule has 3 rings (SSSR count). The molecule has 2 heterocycles. The fraction of sp³-hybridized carbons (Fsp3) is 0.409. The molecule has 7 nitrogen and oxygen atoms in total. The van der Waals surface area contributed by atoms with Gasteiger partial charge in [0.2, 0.25) is 0 Å². The smallest absolute Gasteiger partial charge is 0.339 e. The van der Waals surface area contributed by atoms with Gasteiger partial charge in [0, 0.05) is 31.4 Å². The maximum atomic E-state index is 12.7. The van der Waals surface area contributed by atoms with E-state index < -0.39 is 0 Å². The van der Waals surface area contributed by atoms with Crippen molar-refractivity contribution in [3.63, 3.8) is 0 Å². The summed E-state index contributed by atoms with van der Waals surface area (Å²) in [6, 6.07) is 11.0. The number of hydrogen-bond donors (Lipinski definition) is 1. The van der Waals surface area contributed by atoms with E-state index in [1.807, 2.05) is 43.0 Å². The summed E-state index contributed by atoms with van der Waals surface area (Å²) in [4.78, 5) is 30.5. The van der Waals surface area contributed by atoms with Gasteiger partial charge in [-0.2, -0.15) is 0 Å². The molecule has 0 spiro atoms. The SMILES string of the molecule is CCOC(=O)c1ccc(NCc2ccc(C(=O)N3CC(C)OC(C)C3)cc2)nc1. The lowest BCUT2D eigenvalue weighted by Gasteiger charge is -2.35. The lowest BCUT2D eigenvalue weighted by molar-refractivity contribution is -0.0586. The van der Waals surface area contributed by atoms with Crippen molar-refractivity contribution >= 4 is 17.7 Å². The molecule has 1 saturated heterocycles. The first kappa shape index (κ1) is 20.8. The zero-order chi connectivity index (χ0) is 20.8. The van der Waals surface area contributed by atoms with Gasteiger partial charge >= 0.3 is 5.97 Å². The van der Waals surface area contributed by atoms with Crippen LogP contribution in [0.4, 0.5) is 5.82 Å². The molecule has 1 amide bonds. The van der Waals surface area contributed by atoms with Crippen LogP contribution < -0.4 is 5.32 Å². The molecule has 154 valence electrons. The van der Waals surface area contributed by atoms with E-state index in [9.17, 15) is 9.59 Å². The largest absolute Gasteiger partial charge is 0.462 e. The Bertz CT molecular complexity index is 826. The molecule has 1 aliphatic heterocycles. The van der Waals surface area contributed by atoms with Gasteiger partial charge in [0.25, 0.3) is 5.91 Å². The number of amides is 1. The molecule has 1 aliphatic rings. The van der Waals surface area contributed by atoms with Crippen molar-refractivity contribution in [3.05, 3.63) is 59.3 Å². The molecule has 0 bridgehead atoms. The standard InChI is InChI=1S/C22H27N3O4/c1-4-28-22(27)19-9-10-20(24-12-19)23-11-17-5-7-18(8-6-17)21(26)25-13-15(2)29-16(3)14-25/h5-10,12,15-16H,4,11,13-14H2,1-3H3,(H,23,24). The molecule has 2 atom stereocenters. The van der Waals surface area contributed by atoms with Crippen molar-refractivity contribution < 1.29 is 19.1 Å². The minimum absolute atomic E-state index is 0.0303. The molecule has 0 radical (unpaired) electrons. The number of carbonyl (C=O) groups is 2. The minimum atomic E-state index is -0.379.